The summed E-state index contributed by atoms with van der Waals surface area (Å²) >= 11 is 6.05. The number of rotatable bonds is 12. The van der Waals surface area contributed by atoms with Crippen LogP contribution in [-0.4, -0.2) is 59.4 Å². The fourth-order valence-electron chi connectivity index (χ4n) is 3.97. The van der Waals surface area contributed by atoms with Gasteiger partial charge in [0.2, 0.25) is 0 Å². The van der Waals surface area contributed by atoms with E-state index in [2.05, 4.69) is 28.6 Å². The molecular formula is C25H32FN3O3S2. The minimum absolute atomic E-state index is 0.287. The number of hydrogen-bond donors (Lipinski definition) is 5. The van der Waals surface area contributed by atoms with E-state index in [1.165, 1.54) is 23.9 Å². The normalized spacial score (nSPS) is 18.4. The molecule has 0 saturated carbocycles. The van der Waals surface area contributed by atoms with Gasteiger partial charge in [-0.05, 0) is 73.1 Å². The van der Waals surface area contributed by atoms with Crippen LogP contribution < -0.4 is 16.0 Å². The molecular weight excluding hydrogens is 473 g/mol. The lowest BCUT2D eigenvalue weighted by Gasteiger charge is -2.18. The monoisotopic (exact) mass is 505 g/mol. The molecule has 0 radical (unpaired) electrons. The Labute approximate surface area is 209 Å². The summed E-state index contributed by atoms with van der Waals surface area (Å²) in [5.74, 6) is -1.10. The Hall–Kier alpha value is -2.23. The number of thiol groups is 1. The first kappa shape index (κ1) is 26.4. The van der Waals surface area contributed by atoms with Crippen LogP contribution in [-0.2, 0) is 17.6 Å². The molecule has 6 nitrogen and oxygen atoms in total. The van der Waals surface area contributed by atoms with Crippen LogP contribution in [0.4, 0.5) is 10.1 Å². The van der Waals surface area contributed by atoms with E-state index in [1.807, 2.05) is 18.4 Å². The van der Waals surface area contributed by atoms with Crippen molar-refractivity contribution in [2.45, 2.75) is 43.0 Å². The van der Waals surface area contributed by atoms with Gasteiger partial charge in [-0.1, -0.05) is 18.2 Å². The Kier molecular flexibility index (Phi) is 10.1. The van der Waals surface area contributed by atoms with Crippen molar-refractivity contribution in [1.82, 2.24) is 10.6 Å². The first-order valence-electron chi connectivity index (χ1n) is 11.4. The molecule has 1 saturated heterocycles. The maximum Gasteiger partial charge on any atom is 0.326 e. The molecule has 1 amide bonds. The molecule has 184 valence electrons. The number of thioether (sulfide) groups is 1. The van der Waals surface area contributed by atoms with Gasteiger partial charge in [0, 0.05) is 35.6 Å². The van der Waals surface area contributed by atoms with Gasteiger partial charge in [0.25, 0.3) is 5.91 Å². The van der Waals surface area contributed by atoms with Crippen molar-refractivity contribution < 1.29 is 19.1 Å². The summed E-state index contributed by atoms with van der Waals surface area (Å²) in [6.45, 7) is 1.58. The maximum absolute atomic E-state index is 13.2. The summed E-state index contributed by atoms with van der Waals surface area (Å²) in [7, 11) is 0. The first-order valence-corrected chi connectivity index (χ1v) is 13.3. The van der Waals surface area contributed by atoms with Gasteiger partial charge in [0.05, 0.1) is 0 Å². The molecule has 34 heavy (non-hydrogen) atoms. The Morgan fingerprint density at radius 2 is 2.00 bits per heavy atom. The molecule has 2 aromatic carbocycles. The Balaban J connectivity index is 1.76. The molecule has 1 heterocycles. The molecule has 3 atom stereocenters. The number of carbonyl (C=O) groups is 2. The van der Waals surface area contributed by atoms with Crippen LogP contribution in [0.15, 0.2) is 42.5 Å². The van der Waals surface area contributed by atoms with E-state index in [1.54, 1.807) is 18.2 Å². The minimum Gasteiger partial charge on any atom is -0.480 e. The first-order chi connectivity index (χ1) is 16.4. The van der Waals surface area contributed by atoms with Crippen LogP contribution in [0.3, 0.4) is 0 Å². The zero-order chi connectivity index (χ0) is 24.5. The molecule has 0 aliphatic carbocycles. The number of amides is 1. The van der Waals surface area contributed by atoms with Gasteiger partial charge in [-0.3, -0.25) is 4.79 Å². The van der Waals surface area contributed by atoms with E-state index < -0.39 is 17.9 Å². The highest BCUT2D eigenvalue weighted by Gasteiger charge is 2.23. The largest absolute Gasteiger partial charge is 0.480 e. The number of halogens is 1. The summed E-state index contributed by atoms with van der Waals surface area (Å²) in [5.41, 5.74) is 3.04. The van der Waals surface area contributed by atoms with Gasteiger partial charge >= 0.3 is 5.97 Å². The van der Waals surface area contributed by atoms with Crippen molar-refractivity contribution in [3.8, 4) is 0 Å². The van der Waals surface area contributed by atoms with Crippen molar-refractivity contribution in [2.24, 2.45) is 0 Å². The lowest BCUT2D eigenvalue weighted by atomic mass is 9.98. The van der Waals surface area contributed by atoms with Gasteiger partial charge in [-0.2, -0.15) is 24.4 Å². The Morgan fingerprint density at radius 1 is 1.24 bits per heavy atom. The highest BCUT2D eigenvalue weighted by atomic mass is 32.2. The smallest absolute Gasteiger partial charge is 0.326 e. The molecule has 9 heteroatoms. The molecule has 0 unspecified atom stereocenters. The molecule has 1 fully saturated rings. The van der Waals surface area contributed by atoms with Crippen molar-refractivity contribution in [2.75, 3.05) is 30.4 Å². The fraction of sp³-hybridized carbons (Fsp3) is 0.440. The van der Waals surface area contributed by atoms with Gasteiger partial charge < -0.3 is 21.1 Å². The van der Waals surface area contributed by atoms with Gasteiger partial charge in [0.15, 0.2) is 0 Å². The number of nitrogens with one attached hydrogen (secondary N) is 3. The van der Waals surface area contributed by atoms with E-state index in [4.69, 9.17) is 0 Å². The maximum atomic E-state index is 13.2. The van der Waals surface area contributed by atoms with Gasteiger partial charge in [-0.25, -0.2) is 9.18 Å². The molecule has 3 rings (SSSR count). The zero-order valence-corrected chi connectivity index (χ0v) is 20.9. The highest BCUT2D eigenvalue weighted by molar-refractivity contribution is 7.98. The summed E-state index contributed by atoms with van der Waals surface area (Å²) in [6, 6.07) is 11.3. The lowest BCUT2D eigenvalue weighted by Crippen LogP contribution is -2.41. The number of anilines is 1. The van der Waals surface area contributed by atoms with Crippen molar-refractivity contribution in [1.29, 1.82) is 0 Å². The summed E-state index contributed by atoms with van der Waals surface area (Å²) < 4.78 is 13.2. The van der Waals surface area contributed by atoms with Crippen molar-refractivity contribution in [3.63, 3.8) is 0 Å². The third-order valence-electron chi connectivity index (χ3n) is 5.92. The molecule has 4 N–H and O–H groups in total. The lowest BCUT2D eigenvalue weighted by molar-refractivity contribution is -0.139. The van der Waals surface area contributed by atoms with Gasteiger partial charge in [0.1, 0.15) is 11.9 Å². The predicted octanol–water partition coefficient (Wildman–Crippen LogP) is 3.62. The average molecular weight is 506 g/mol. The standard InChI is InChI=1S/C25H32FN3O3S2/c1-34-11-10-23(25(31)32)29-24(30)22-13-19(27-14-20-12-21(33)15-28-20)9-6-17(22)5-2-16-3-7-18(26)8-4-16/h3-4,6-9,13,20-21,23,27-28,33H,2,5,10-12,14-15H2,1H3,(H,29,30)(H,31,32)/t20-,21-,23-/m0/s1. The number of aryl methyl sites for hydroxylation is 2. The van der Waals surface area contributed by atoms with Gasteiger partial charge in [-0.15, -0.1) is 0 Å². The number of hydrogen-bond acceptors (Lipinski definition) is 6. The quantitative estimate of drug-likeness (QED) is 0.283. The van der Waals surface area contributed by atoms with Crippen LogP contribution in [0.1, 0.15) is 34.3 Å². The SMILES string of the molecule is CSCC[C@H](NC(=O)c1cc(NC[C@@H]2C[C@H](S)CN2)ccc1CCc1ccc(F)cc1)C(=O)O. The number of benzene rings is 2. The minimum atomic E-state index is -1.04. The number of aliphatic carboxylic acids is 1. The van der Waals surface area contributed by atoms with Crippen LogP contribution in [0.2, 0.25) is 0 Å². The average Bonchev–Trinajstić information content (AvgIpc) is 3.25. The van der Waals surface area contributed by atoms with Crippen molar-refractivity contribution >= 4 is 42.0 Å². The fourth-order valence-corrected chi connectivity index (χ4v) is 4.80. The molecule has 1 aliphatic rings. The third-order valence-corrected chi connectivity index (χ3v) is 6.95. The zero-order valence-electron chi connectivity index (χ0n) is 19.2. The topological polar surface area (TPSA) is 90.5 Å². The van der Waals surface area contributed by atoms with Crippen LogP contribution in [0.25, 0.3) is 0 Å². The van der Waals surface area contributed by atoms with Crippen molar-refractivity contribution in [3.05, 3.63) is 65.0 Å². The summed E-state index contributed by atoms with van der Waals surface area (Å²) in [4.78, 5) is 24.8. The second kappa shape index (κ2) is 13.0. The predicted molar refractivity (Wildman–Crippen MR) is 140 cm³/mol. The summed E-state index contributed by atoms with van der Waals surface area (Å²) in [5, 5.41) is 19.4. The summed E-state index contributed by atoms with van der Waals surface area (Å²) in [6.07, 6.45) is 4.43. The van der Waals surface area contributed by atoms with E-state index in [0.717, 1.165) is 29.8 Å². The van der Waals surface area contributed by atoms with E-state index in [-0.39, 0.29) is 5.82 Å². The number of carboxylic acids is 1. The van der Waals surface area contributed by atoms with E-state index in [0.29, 0.717) is 48.4 Å². The number of carboxylic acid groups (broad SMARTS) is 1. The van der Waals surface area contributed by atoms with E-state index in [9.17, 15) is 19.1 Å². The Bertz CT molecular complexity index is 974. The molecule has 1 aliphatic heterocycles. The molecule has 0 spiro atoms. The van der Waals surface area contributed by atoms with Crippen LogP contribution in [0, 0.1) is 5.82 Å². The second-order valence-corrected chi connectivity index (χ2v) is 10.2. The third kappa shape index (κ3) is 7.92. The number of carbonyl (C=O) groups excluding carboxylic acids is 1. The van der Waals surface area contributed by atoms with Crippen LogP contribution in [0.5, 0.6) is 0 Å². The van der Waals surface area contributed by atoms with E-state index >= 15 is 0 Å². The molecule has 2 aromatic rings. The van der Waals surface area contributed by atoms with Crippen LogP contribution >= 0.6 is 24.4 Å². The Morgan fingerprint density at radius 3 is 2.65 bits per heavy atom. The molecule has 0 aromatic heterocycles. The highest BCUT2D eigenvalue weighted by Crippen LogP contribution is 2.20. The second-order valence-electron chi connectivity index (χ2n) is 8.52. The molecule has 0 bridgehead atoms.